The Bertz CT molecular complexity index is 636. The SMILES string of the molecule is Cc1cc2ccccc2c(C(C)(C)CC(Cl)(Cl)Cl)c1C. The Morgan fingerprint density at radius 3 is 2.20 bits per heavy atom. The van der Waals surface area contributed by atoms with Crippen LogP contribution in [0.3, 0.4) is 0 Å². The van der Waals surface area contributed by atoms with Crippen LogP contribution in [-0.2, 0) is 5.41 Å². The van der Waals surface area contributed by atoms with Gasteiger partial charge in [-0.15, -0.1) is 0 Å². The summed E-state index contributed by atoms with van der Waals surface area (Å²) in [5.74, 6) is 0. The van der Waals surface area contributed by atoms with Crippen molar-refractivity contribution in [2.24, 2.45) is 0 Å². The number of fused-ring (bicyclic) bond motifs is 1. The Balaban J connectivity index is 2.72. The van der Waals surface area contributed by atoms with Gasteiger partial charge in [0.25, 0.3) is 0 Å². The Kier molecular flexibility index (Phi) is 4.31. The molecule has 0 saturated carbocycles. The van der Waals surface area contributed by atoms with Gasteiger partial charge < -0.3 is 0 Å². The fourth-order valence-electron chi connectivity index (χ4n) is 3.05. The van der Waals surface area contributed by atoms with Crippen molar-refractivity contribution < 1.29 is 0 Å². The number of hydrogen-bond donors (Lipinski definition) is 0. The molecule has 0 fully saturated rings. The zero-order valence-corrected chi connectivity index (χ0v) is 14.5. The topological polar surface area (TPSA) is 0 Å². The van der Waals surface area contributed by atoms with Crippen LogP contribution in [0.15, 0.2) is 30.3 Å². The molecule has 2 aromatic rings. The van der Waals surface area contributed by atoms with Crippen molar-refractivity contribution in [1.29, 1.82) is 0 Å². The minimum atomic E-state index is -1.25. The lowest BCUT2D eigenvalue weighted by atomic mass is 9.76. The van der Waals surface area contributed by atoms with Gasteiger partial charge in [-0.2, -0.15) is 0 Å². The van der Waals surface area contributed by atoms with Crippen LogP contribution in [0, 0.1) is 13.8 Å². The Hall–Kier alpha value is -0.430. The molecule has 0 nitrogen and oxygen atoms in total. The lowest BCUT2D eigenvalue weighted by Crippen LogP contribution is -2.26. The van der Waals surface area contributed by atoms with Gasteiger partial charge in [0.05, 0.1) is 0 Å². The monoisotopic (exact) mass is 328 g/mol. The van der Waals surface area contributed by atoms with E-state index < -0.39 is 3.79 Å². The summed E-state index contributed by atoms with van der Waals surface area (Å²) in [7, 11) is 0. The first-order valence-corrected chi connectivity index (χ1v) is 7.81. The number of rotatable bonds is 2. The standard InChI is InChI=1S/C17H19Cl3/c1-11-9-13-7-5-6-8-14(13)15(12(11)2)16(3,4)10-17(18,19)20/h5-9H,10H2,1-4H3. The van der Waals surface area contributed by atoms with Crippen molar-refractivity contribution >= 4 is 45.6 Å². The zero-order valence-electron chi connectivity index (χ0n) is 12.2. The van der Waals surface area contributed by atoms with Crippen LogP contribution < -0.4 is 0 Å². The molecule has 0 amide bonds. The van der Waals surface area contributed by atoms with Crippen LogP contribution in [0.25, 0.3) is 10.8 Å². The van der Waals surface area contributed by atoms with Crippen LogP contribution in [0.1, 0.15) is 37.0 Å². The van der Waals surface area contributed by atoms with Gasteiger partial charge in [0, 0.05) is 6.42 Å². The number of benzene rings is 2. The first-order chi connectivity index (χ1) is 9.12. The Morgan fingerprint density at radius 2 is 1.60 bits per heavy atom. The zero-order chi connectivity index (χ0) is 15.1. The molecule has 0 unspecified atom stereocenters. The van der Waals surface area contributed by atoms with Gasteiger partial charge in [0.15, 0.2) is 3.79 Å². The normalized spacial score (nSPS) is 12.9. The summed E-state index contributed by atoms with van der Waals surface area (Å²) < 4.78 is -1.25. The molecule has 0 heterocycles. The molecule has 2 aromatic carbocycles. The number of aryl methyl sites for hydroxylation is 1. The largest absolute Gasteiger partial charge is 0.191 e. The maximum Gasteiger partial charge on any atom is 0.191 e. The van der Waals surface area contributed by atoms with Crippen molar-refractivity contribution in [3.05, 3.63) is 47.0 Å². The molecular weight excluding hydrogens is 311 g/mol. The van der Waals surface area contributed by atoms with Gasteiger partial charge in [-0.05, 0) is 46.7 Å². The maximum atomic E-state index is 6.04. The van der Waals surface area contributed by atoms with Gasteiger partial charge in [0.1, 0.15) is 0 Å². The van der Waals surface area contributed by atoms with Crippen LogP contribution in [0.4, 0.5) is 0 Å². The van der Waals surface area contributed by atoms with Crippen molar-refractivity contribution in [3.63, 3.8) is 0 Å². The van der Waals surface area contributed by atoms with Crippen molar-refractivity contribution in [1.82, 2.24) is 0 Å². The molecule has 0 aliphatic carbocycles. The average molecular weight is 330 g/mol. The molecule has 0 aliphatic rings. The maximum absolute atomic E-state index is 6.04. The molecule has 0 radical (unpaired) electrons. The smallest absolute Gasteiger partial charge is 0.0837 e. The second-order valence-electron chi connectivity index (χ2n) is 6.09. The van der Waals surface area contributed by atoms with E-state index in [2.05, 4.69) is 58.0 Å². The van der Waals surface area contributed by atoms with Crippen LogP contribution >= 0.6 is 34.8 Å². The van der Waals surface area contributed by atoms with E-state index in [1.165, 1.54) is 27.5 Å². The summed E-state index contributed by atoms with van der Waals surface area (Å²) in [6.45, 7) is 8.57. The molecule has 0 N–H and O–H groups in total. The van der Waals surface area contributed by atoms with E-state index in [1.54, 1.807) is 0 Å². The molecule has 108 valence electrons. The predicted octanol–water partition coefficient (Wildman–Crippen LogP) is 6.49. The van der Waals surface area contributed by atoms with Crippen LogP contribution in [0.2, 0.25) is 0 Å². The molecule has 0 aromatic heterocycles. The van der Waals surface area contributed by atoms with Gasteiger partial charge in [-0.1, -0.05) is 79.0 Å². The van der Waals surface area contributed by atoms with Crippen LogP contribution in [0.5, 0.6) is 0 Å². The molecule has 2 rings (SSSR count). The highest BCUT2D eigenvalue weighted by molar-refractivity contribution is 6.67. The average Bonchev–Trinajstić information content (AvgIpc) is 2.27. The summed E-state index contributed by atoms with van der Waals surface area (Å²) in [4.78, 5) is 0. The molecule has 0 bridgehead atoms. The van der Waals surface area contributed by atoms with Crippen LogP contribution in [-0.4, -0.2) is 3.79 Å². The summed E-state index contributed by atoms with van der Waals surface area (Å²) in [5, 5.41) is 2.48. The fourth-order valence-corrected chi connectivity index (χ4v) is 4.06. The molecule has 0 saturated heterocycles. The van der Waals surface area contributed by atoms with Crippen molar-refractivity contribution in [3.8, 4) is 0 Å². The highest BCUT2D eigenvalue weighted by Gasteiger charge is 2.34. The second-order valence-corrected chi connectivity index (χ2v) is 8.61. The molecule has 3 heteroatoms. The number of hydrogen-bond acceptors (Lipinski definition) is 0. The van der Waals surface area contributed by atoms with Gasteiger partial charge in [-0.25, -0.2) is 0 Å². The minimum absolute atomic E-state index is 0.207. The van der Waals surface area contributed by atoms with E-state index in [0.29, 0.717) is 6.42 Å². The highest BCUT2D eigenvalue weighted by Crippen LogP contribution is 2.44. The third-order valence-corrected chi connectivity index (χ3v) is 4.29. The first kappa shape index (κ1) is 15.9. The molecular formula is C17H19Cl3. The van der Waals surface area contributed by atoms with E-state index in [1.807, 2.05) is 0 Å². The van der Waals surface area contributed by atoms with Gasteiger partial charge in [0.2, 0.25) is 0 Å². The molecule has 0 atom stereocenters. The highest BCUT2D eigenvalue weighted by atomic mass is 35.6. The third-order valence-electron chi connectivity index (χ3n) is 3.89. The van der Waals surface area contributed by atoms with Gasteiger partial charge >= 0.3 is 0 Å². The van der Waals surface area contributed by atoms with Crippen molar-refractivity contribution in [2.75, 3.05) is 0 Å². The molecule has 20 heavy (non-hydrogen) atoms. The number of halogens is 3. The summed E-state index contributed by atoms with van der Waals surface area (Å²) >= 11 is 18.1. The minimum Gasteiger partial charge on any atom is -0.0837 e. The summed E-state index contributed by atoms with van der Waals surface area (Å²) in [5.41, 5.74) is 3.62. The lowest BCUT2D eigenvalue weighted by Gasteiger charge is -2.32. The fraction of sp³-hybridized carbons (Fsp3) is 0.412. The Morgan fingerprint density at radius 1 is 1.00 bits per heavy atom. The number of alkyl halides is 3. The molecule has 0 spiro atoms. The summed E-state index contributed by atoms with van der Waals surface area (Å²) in [6.07, 6.45) is 0.485. The van der Waals surface area contributed by atoms with E-state index in [4.69, 9.17) is 34.8 Å². The van der Waals surface area contributed by atoms with Gasteiger partial charge in [-0.3, -0.25) is 0 Å². The lowest BCUT2D eigenvalue weighted by molar-refractivity contribution is 0.487. The van der Waals surface area contributed by atoms with Crippen molar-refractivity contribution in [2.45, 2.75) is 43.3 Å². The summed E-state index contributed by atoms with van der Waals surface area (Å²) in [6, 6.07) is 10.6. The van der Waals surface area contributed by atoms with E-state index in [9.17, 15) is 0 Å². The molecule has 0 aliphatic heterocycles. The van der Waals surface area contributed by atoms with E-state index >= 15 is 0 Å². The first-order valence-electron chi connectivity index (χ1n) is 6.68. The van der Waals surface area contributed by atoms with E-state index in [-0.39, 0.29) is 5.41 Å². The van der Waals surface area contributed by atoms with E-state index in [0.717, 1.165) is 0 Å². The Labute approximate surface area is 136 Å². The quantitative estimate of drug-likeness (QED) is 0.552. The second kappa shape index (κ2) is 5.40. The third kappa shape index (κ3) is 3.24. The predicted molar refractivity (Wildman–Crippen MR) is 91.4 cm³/mol.